The van der Waals surface area contributed by atoms with Gasteiger partial charge in [0.2, 0.25) is 0 Å². The standard InChI is InChI=1S/C18H14ClNO2/c1-20(12-7-3-2-4-8-12)18(22)15-11-16(19)13-9-5-6-10-14(13)17(15)21/h2-11,21H,1H3. The van der Waals surface area contributed by atoms with Gasteiger partial charge in [-0.05, 0) is 18.2 Å². The molecule has 0 saturated carbocycles. The van der Waals surface area contributed by atoms with Gasteiger partial charge in [0.15, 0.2) is 0 Å². The molecule has 3 nitrogen and oxygen atoms in total. The zero-order valence-corrected chi connectivity index (χ0v) is 12.7. The molecule has 110 valence electrons. The molecule has 0 bridgehead atoms. The van der Waals surface area contributed by atoms with Crippen molar-refractivity contribution in [3.8, 4) is 5.75 Å². The fraction of sp³-hybridized carbons (Fsp3) is 0.0556. The van der Waals surface area contributed by atoms with E-state index >= 15 is 0 Å². The number of fused-ring (bicyclic) bond motifs is 1. The van der Waals surface area contributed by atoms with Crippen molar-refractivity contribution in [3.05, 3.63) is 71.2 Å². The van der Waals surface area contributed by atoms with Gasteiger partial charge in [-0.3, -0.25) is 4.79 Å². The number of halogens is 1. The van der Waals surface area contributed by atoms with Gasteiger partial charge in [-0.1, -0.05) is 54.1 Å². The summed E-state index contributed by atoms with van der Waals surface area (Å²) in [6.45, 7) is 0. The number of carbonyl (C=O) groups is 1. The Morgan fingerprint density at radius 1 is 1.00 bits per heavy atom. The molecule has 0 aliphatic rings. The molecule has 3 rings (SSSR count). The molecule has 3 aromatic carbocycles. The van der Waals surface area contributed by atoms with Crippen LogP contribution in [0.1, 0.15) is 10.4 Å². The molecule has 4 heteroatoms. The average Bonchev–Trinajstić information content (AvgIpc) is 2.57. The van der Waals surface area contributed by atoms with E-state index in [1.165, 1.54) is 11.0 Å². The Balaban J connectivity index is 2.10. The molecular weight excluding hydrogens is 298 g/mol. The number of anilines is 1. The molecule has 0 atom stereocenters. The highest BCUT2D eigenvalue weighted by molar-refractivity contribution is 6.36. The fourth-order valence-corrected chi connectivity index (χ4v) is 2.70. The lowest BCUT2D eigenvalue weighted by Gasteiger charge is -2.19. The van der Waals surface area contributed by atoms with Crippen LogP contribution in [0.2, 0.25) is 5.02 Å². The van der Waals surface area contributed by atoms with Gasteiger partial charge in [0.05, 0.1) is 5.56 Å². The van der Waals surface area contributed by atoms with Gasteiger partial charge in [0, 0.05) is 28.5 Å². The number of phenols is 1. The lowest BCUT2D eigenvalue weighted by atomic mass is 10.0. The van der Waals surface area contributed by atoms with Crippen LogP contribution >= 0.6 is 11.6 Å². The van der Waals surface area contributed by atoms with Gasteiger partial charge >= 0.3 is 0 Å². The third-order valence-corrected chi connectivity index (χ3v) is 3.96. The van der Waals surface area contributed by atoms with Crippen molar-refractivity contribution in [1.29, 1.82) is 0 Å². The van der Waals surface area contributed by atoms with Crippen LogP contribution in [-0.4, -0.2) is 18.1 Å². The molecule has 0 spiro atoms. The van der Waals surface area contributed by atoms with Gasteiger partial charge in [0.1, 0.15) is 5.75 Å². The topological polar surface area (TPSA) is 40.5 Å². The monoisotopic (exact) mass is 311 g/mol. The van der Waals surface area contributed by atoms with E-state index in [4.69, 9.17) is 11.6 Å². The molecular formula is C18H14ClNO2. The van der Waals surface area contributed by atoms with Crippen molar-refractivity contribution < 1.29 is 9.90 Å². The Bertz CT molecular complexity index is 846. The van der Waals surface area contributed by atoms with E-state index in [9.17, 15) is 9.90 Å². The predicted octanol–water partition coefficient (Wildman–Crippen LogP) is 4.48. The first-order chi connectivity index (χ1) is 10.6. The molecule has 0 heterocycles. The van der Waals surface area contributed by atoms with Gasteiger partial charge in [-0.2, -0.15) is 0 Å². The van der Waals surface area contributed by atoms with E-state index in [2.05, 4.69) is 0 Å². The number of aromatic hydroxyl groups is 1. The quantitative estimate of drug-likeness (QED) is 0.758. The number of nitrogens with zero attached hydrogens (tertiary/aromatic N) is 1. The number of rotatable bonds is 2. The molecule has 0 radical (unpaired) electrons. The Labute approximate surface area is 133 Å². The number of amides is 1. The largest absolute Gasteiger partial charge is 0.506 e. The summed E-state index contributed by atoms with van der Waals surface area (Å²) in [6, 6.07) is 18.0. The zero-order valence-electron chi connectivity index (χ0n) is 12.0. The molecule has 0 aliphatic carbocycles. The average molecular weight is 312 g/mol. The normalized spacial score (nSPS) is 10.6. The third-order valence-electron chi connectivity index (χ3n) is 3.64. The number of carbonyl (C=O) groups excluding carboxylic acids is 1. The van der Waals surface area contributed by atoms with Crippen LogP contribution in [0.3, 0.4) is 0 Å². The second-order valence-electron chi connectivity index (χ2n) is 5.00. The summed E-state index contributed by atoms with van der Waals surface area (Å²) in [5.74, 6) is -0.357. The molecule has 22 heavy (non-hydrogen) atoms. The molecule has 0 saturated heterocycles. The summed E-state index contributed by atoms with van der Waals surface area (Å²) in [5.41, 5.74) is 0.936. The van der Waals surface area contributed by atoms with Crippen LogP contribution < -0.4 is 4.90 Å². The van der Waals surface area contributed by atoms with Crippen molar-refractivity contribution in [2.45, 2.75) is 0 Å². The Kier molecular flexibility index (Phi) is 3.73. The maximum atomic E-state index is 12.7. The number of para-hydroxylation sites is 1. The maximum Gasteiger partial charge on any atom is 0.261 e. The molecule has 0 aliphatic heterocycles. The molecule has 1 amide bonds. The van der Waals surface area contributed by atoms with Crippen molar-refractivity contribution in [3.63, 3.8) is 0 Å². The Morgan fingerprint density at radius 3 is 2.27 bits per heavy atom. The number of hydrogen-bond donors (Lipinski definition) is 1. The van der Waals surface area contributed by atoms with Gasteiger partial charge in [-0.15, -0.1) is 0 Å². The minimum Gasteiger partial charge on any atom is -0.506 e. The van der Waals surface area contributed by atoms with Gasteiger partial charge in [-0.25, -0.2) is 0 Å². The molecule has 0 unspecified atom stereocenters. The second kappa shape index (κ2) is 5.70. The highest BCUT2D eigenvalue weighted by Gasteiger charge is 2.20. The van der Waals surface area contributed by atoms with Crippen LogP contribution in [0.4, 0.5) is 5.69 Å². The minimum absolute atomic E-state index is 0.0484. The summed E-state index contributed by atoms with van der Waals surface area (Å²) in [4.78, 5) is 14.2. The van der Waals surface area contributed by atoms with Crippen molar-refractivity contribution in [2.75, 3.05) is 11.9 Å². The first kappa shape index (κ1) is 14.4. The van der Waals surface area contributed by atoms with Crippen LogP contribution in [0.25, 0.3) is 10.8 Å². The number of hydrogen-bond acceptors (Lipinski definition) is 2. The van der Waals surface area contributed by atoms with E-state index in [0.29, 0.717) is 10.4 Å². The lowest BCUT2D eigenvalue weighted by molar-refractivity contribution is 0.0990. The smallest absolute Gasteiger partial charge is 0.261 e. The lowest BCUT2D eigenvalue weighted by Crippen LogP contribution is -2.26. The zero-order chi connectivity index (χ0) is 15.7. The fourth-order valence-electron chi connectivity index (χ4n) is 2.43. The molecule has 0 fully saturated rings. The van der Waals surface area contributed by atoms with Crippen LogP contribution in [0, 0.1) is 0 Å². The summed E-state index contributed by atoms with van der Waals surface area (Å²) in [7, 11) is 1.67. The molecule has 0 aromatic heterocycles. The van der Waals surface area contributed by atoms with E-state index < -0.39 is 0 Å². The molecule has 3 aromatic rings. The highest BCUT2D eigenvalue weighted by Crippen LogP contribution is 2.35. The van der Waals surface area contributed by atoms with Gasteiger partial charge < -0.3 is 10.0 Å². The summed E-state index contributed by atoms with van der Waals surface area (Å²) >= 11 is 6.25. The van der Waals surface area contributed by atoms with Crippen molar-refractivity contribution in [1.82, 2.24) is 0 Å². The summed E-state index contributed by atoms with van der Waals surface area (Å²) in [6.07, 6.45) is 0. The highest BCUT2D eigenvalue weighted by atomic mass is 35.5. The minimum atomic E-state index is -0.309. The SMILES string of the molecule is CN(C(=O)c1cc(Cl)c2ccccc2c1O)c1ccccc1. The van der Waals surface area contributed by atoms with Crippen LogP contribution in [0.15, 0.2) is 60.7 Å². The second-order valence-corrected chi connectivity index (χ2v) is 5.41. The Morgan fingerprint density at radius 2 is 1.59 bits per heavy atom. The van der Waals surface area contributed by atoms with Gasteiger partial charge in [0.25, 0.3) is 5.91 Å². The maximum absolute atomic E-state index is 12.7. The predicted molar refractivity (Wildman–Crippen MR) is 89.8 cm³/mol. The number of benzene rings is 3. The number of phenolic OH excluding ortho intramolecular Hbond substituents is 1. The van der Waals surface area contributed by atoms with E-state index in [-0.39, 0.29) is 17.2 Å². The summed E-state index contributed by atoms with van der Waals surface area (Å²) < 4.78 is 0. The Hall–Kier alpha value is -2.52. The first-order valence-electron chi connectivity index (χ1n) is 6.83. The van der Waals surface area contributed by atoms with Crippen LogP contribution in [0.5, 0.6) is 5.75 Å². The molecule has 1 N–H and O–H groups in total. The van der Waals surface area contributed by atoms with Crippen molar-refractivity contribution in [2.24, 2.45) is 0 Å². The first-order valence-corrected chi connectivity index (χ1v) is 7.20. The summed E-state index contributed by atoms with van der Waals surface area (Å²) in [5, 5.41) is 12.2. The van der Waals surface area contributed by atoms with Crippen LogP contribution in [-0.2, 0) is 0 Å². The van der Waals surface area contributed by atoms with E-state index in [1.54, 1.807) is 19.2 Å². The third kappa shape index (κ3) is 2.40. The van der Waals surface area contributed by atoms with Crippen molar-refractivity contribution >= 4 is 34.0 Å². The van der Waals surface area contributed by atoms with E-state index in [0.717, 1.165) is 11.1 Å². The van der Waals surface area contributed by atoms with E-state index in [1.807, 2.05) is 42.5 Å².